The van der Waals surface area contributed by atoms with Crippen molar-refractivity contribution in [2.24, 2.45) is 17.3 Å². The van der Waals surface area contributed by atoms with Gasteiger partial charge in [0.15, 0.2) is 0 Å². The maximum absolute atomic E-state index is 12.2. The third-order valence-electron chi connectivity index (χ3n) is 4.13. The molecule has 1 heterocycles. The van der Waals surface area contributed by atoms with Crippen molar-refractivity contribution < 1.29 is 19.5 Å². The van der Waals surface area contributed by atoms with Gasteiger partial charge >= 0.3 is 5.97 Å². The number of carbonyl (C=O) groups is 3. The number of carboxylic acid groups (broad SMARTS) is 1. The van der Waals surface area contributed by atoms with E-state index < -0.39 is 23.2 Å². The monoisotopic (exact) mass is 254 g/mol. The minimum atomic E-state index is -0.932. The lowest BCUT2D eigenvalue weighted by atomic mass is 10.1. The predicted molar refractivity (Wildman–Crippen MR) is 62.6 cm³/mol. The number of piperazine rings is 1. The smallest absolute Gasteiger partial charge is 0.307 e. The zero-order valence-electron chi connectivity index (χ0n) is 10.8. The van der Waals surface area contributed by atoms with E-state index in [1.54, 1.807) is 25.8 Å². The van der Waals surface area contributed by atoms with Gasteiger partial charge in [0, 0.05) is 20.1 Å². The summed E-state index contributed by atoms with van der Waals surface area (Å²) in [6.45, 7) is 4.63. The van der Waals surface area contributed by atoms with E-state index in [2.05, 4.69) is 0 Å². The van der Waals surface area contributed by atoms with Gasteiger partial charge in [0.05, 0.1) is 18.4 Å². The van der Waals surface area contributed by atoms with Crippen LogP contribution in [0.15, 0.2) is 0 Å². The standard InChI is InChI=1S/C12H18N2O4/c1-12(2)8(9(12)11(17)18)10(16)14-5-4-13(3)7(15)6-14/h8-9H,4-6H2,1-3H3,(H,17,18). The van der Waals surface area contributed by atoms with Crippen molar-refractivity contribution in [2.75, 3.05) is 26.7 Å². The second kappa shape index (κ2) is 3.96. The highest BCUT2D eigenvalue weighted by Gasteiger charge is 2.66. The average molecular weight is 254 g/mol. The zero-order valence-corrected chi connectivity index (χ0v) is 10.8. The van der Waals surface area contributed by atoms with Crippen molar-refractivity contribution in [1.29, 1.82) is 0 Å². The highest BCUT2D eigenvalue weighted by molar-refractivity contribution is 5.94. The van der Waals surface area contributed by atoms with E-state index >= 15 is 0 Å². The molecule has 2 unspecified atom stereocenters. The third kappa shape index (κ3) is 1.85. The molecule has 2 aliphatic rings. The normalized spacial score (nSPS) is 30.3. The summed E-state index contributed by atoms with van der Waals surface area (Å²) in [5.74, 6) is -2.35. The molecule has 1 aliphatic heterocycles. The second-order valence-electron chi connectivity index (χ2n) is 5.69. The summed E-state index contributed by atoms with van der Waals surface area (Å²) in [4.78, 5) is 37.9. The quantitative estimate of drug-likeness (QED) is 0.730. The van der Waals surface area contributed by atoms with Crippen LogP contribution < -0.4 is 0 Å². The minimum absolute atomic E-state index is 0.0637. The van der Waals surface area contributed by atoms with Crippen LogP contribution in [0.4, 0.5) is 0 Å². The van der Waals surface area contributed by atoms with Gasteiger partial charge in [0.25, 0.3) is 0 Å². The molecule has 6 nitrogen and oxygen atoms in total. The number of rotatable bonds is 2. The topological polar surface area (TPSA) is 77.9 Å². The maximum Gasteiger partial charge on any atom is 0.307 e. The average Bonchev–Trinajstić information content (AvgIpc) is 2.85. The highest BCUT2D eigenvalue weighted by atomic mass is 16.4. The second-order valence-corrected chi connectivity index (χ2v) is 5.69. The summed E-state index contributed by atoms with van der Waals surface area (Å²) >= 11 is 0. The molecule has 1 N–H and O–H groups in total. The molecule has 2 atom stereocenters. The van der Waals surface area contributed by atoms with Crippen molar-refractivity contribution in [3.63, 3.8) is 0 Å². The van der Waals surface area contributed by atoms with Crippen LogP contribution in [0.3, 0.4) is 0 Å². The number of carboxylic acids is 1. The van der Waals surface area contributed by atoms with Gasteiger partial charge in [-0.3, -0.25) is 14.4 Å². The Labute approximate surface area is 106 Å². The van der Waals surface area contributed by atoms with Crippen LogP contribution in [0.1, 0.15) is 13.8 Å². The van der Waals surface area contributed by atoms with Crippen molar-refractivity contribution in [3.8, 4) is 0 Å². The SMILES string of the molecule is CN1CCN(C(=O)C2C(C(=O)O)C2(C)C)CC1=O. The van der Waals surface area contributed by atoms with Crippen molar-refractivity contribution >= 4 is 17.8 Å². The molecule has 1 saturated heterocycles. The molecule has 0 aromatic carbocycles. The van der Waals surface area contributed by atoms with Gasteiger partial charge in [-0.1, -0.05) is 13.8 Å². The van der Waals surface area contributed by atoms with Crippen LogP contribution in [-0.4, -0.2) is 59.4 Å². The van der Waals surface area contributed by atoms with E-state index in [0.717, 1.165) is 0 Å². The third-order valence-corrected chi connectivity index (χ3v) is 4.13. The van der Waals surface area contributed by atoms with E-state index in [-0.39, 0.29) is 18.4 Å². The molecule has 18 heavy (non-hydrogen) atoms. The van der Waals surface area contributed by atoms with Gasteiger partial charge in [-0.2, -0.15) is 0 Å². The summed E-state index contributed by atoms with van der Waals surface area (Å²) < 4.78 is 0. The van der Waals surface area contributed by atoms with E-state index in [9.17, 15) is 14.4 Å². The Morgan fingerprint density at radius 1 is 1.28 bits per heavy atom. The largest absolute Gasteiger partial charge is 0.481 e. The molecule has 6 heteroatoms. The Kier molecular flexibility index (Phi) is 2.83. The molecule has 0 aromatic rings. The summed E-state index contributed by atoms with van der Waals surface area (Å²) in [7, 11) is 1.70. The van der Waals surface area contributed by atoms with E-state index in [0.29, 0.717) is 13.1 Å². The highest BCUT2D eigenvalue weighted by Crippen LogP contribution is 2.59. The minimum Gasteiger partial charge on any atom is -0.481 e. The molecule has 0 radical (unpaired) electrons. The van der Waals surface area contributed by atoms with Gasteiger partial charge < -0.3 is 14.9 Å². The van der Waals surface area contributed by atoms with Gasteiger partial charge in [-0.05, 0) is 5.41 Å². The number of nitrogens with zero attached hydrogens (tertiary/aromatic N) is 2. The number of hydrogen-bond acceptors (Lipinski definition) is 3. The van der Waals surface area contributed by atoms with Gasteiger partial charge in [0.1, 0.15) is 0 Å². The fraction of sp³-hybridized carbons (Fsp3) is 0.750. The van der Waals surface area contributed by atoms with Crippen LogP contribution in [0.5, 0.6) is 0 Å². The first-order chi connectivity index (χ1) is 8.26. The Bertz CT molecular complexity index is 418. The molecule has 2 rings (SSSR count). The Balaban J connectivity index is 2.06. The van der Waals surface area contributed by atoms with Crippen molar-refractivity contribution in [1.82, 2.24) is 9.80 Å². The van der Waals surface area contributed by atoms with Crippen molar-refractivity contribution in [3.05, 3.63) is 0 Å². The summed E-state index contributed by atoms with van der Waals surface area (Å²) in [6, 6.07) is 0. The number of amides is 2. The fourth-order valence-corrected chi connectivity index (χ4v) is 2.70. The molecular formula is C12H18N2O4. The Morgan fingerprint density at radius 2 is 1.89 bits per heavy atom. The zero-order chi connectivity index (χ0) is 13.7. The lowest BCUT2D eigenvalue weighted by Gasteiger charge is -2.32. The summed E-state index contributed by atoms with van der Waals surface area (Å²) in [5.41, 5.74) is -0.505. The van der Waals surface area contributed by atoms with Gasteiger partial charge in [0.2, 0.25) is 11.8 Å². The maximum atomic E-state index is 12.2. The molecular weight excluding hydrogens is 236 g/mol. The molecule has 100 valence electrons. The van der Waals surface area contributed by atoms with Crippen LogP contribution in [0.25, 0.3) is 0 Å². The molecule has 1 saturated carbocycles. The fourth-order valence-electron chi connectivity index (χ4n) is 2.70. The lowest BCUT2D eigenvalue weighted by molar-refractivity contribution is -0.146. The number of carbonyl (C=O) groups excluding carboxylic acids is 2. The van der Waals surface area contributed by atoms with Crippen LogP contribution in [-0.2, 0) is 14.4 Å². The van der Waals surface area contributed by atoms with Gasteiger partial charge in [-0.15, -0.1) is 0 Å². The number of hydrogen-bond donors (Lipinski definition) is 1. The predicted octanol–water partition coefficient (Wildman–Crippen LogP) is -0.356. The molecule has 1 aliphatic carbocycles. The first-order valence-electron chi connectivity index (χ1n) is 6.02. The van der Waals surface area contributed by atoms with Crippen LogP contribution in [0.2, 0.25) is 0 Å². The number of likely N-dealkylation sites (N-methyl/N-ethyl adjacent to an activating group) is 1. The van der Waals surface area contributed by atoms with Crippen molar-refractivity contribution in [2.45, 2.75) is 13.8 Å². The van der Waals surface area contributed by atoms with Gasteiger partial charge in [-0.25, -0.2) is 0 Å². The lowest BCUT2D eigenvalue weighted by Crippen LogP contribution is -2.51. The van der Waals surface area contributed by atoms with E-state index in [1.807, 2.05) is 0 Å². The first-order valence-corrected chi connectivity index (χ1v) is 6.02. The molecule has 0 aromatic heterocycles. The Morgan fingerprint density at radius 3 is 2.33 bits per heavy atom. The summed E-state index contributed by atoms with van der Waals surface area (Å²) in [5, 5.41) is 9.05. The molecule has 0 bridgehead atoms. The molecule has 2 fully saturated rings. The van der Waals surface area contributed by atoms with E-state index in [4.69, 9.17) is 5.11 Å². The Hall–Kier alpha value is -1.59. The van der Waals surface area contributed by atoms with Crippen LogP contribution in [0, 0.1) is 17.3 Å². The number of aliphatic carboxylic acids is 1. The summed E-state index contributed by atoms with van der Waals surface area (Å²) in [6.07, 6.45) is 0. The molecule has 2 amide bonds. The van der Waals surface area contributed by atoms with Crippen LogP contribution >= 0.6 is 0 Å². The van der Waals surface area contributed by atoms with E-state index in [1.165, 1.54) is 4.90 Å². The first kappa shape index (κ1) is 12.9. The molecule has 0 spiro atoms.